The number of halogens is 2. The van der Waals surface area contributed by atoms with Gasteiger partial charge >= 0.3 is 0 Å². The number of benzene rings is 2. The van der Waals surface area contributed by atoms with Crippen molar-refractivity contribution in [2.45, 2.75) is 13.1 Å². The van der Waals surface area contributed by atoms with Crippen LogP contribution < -0.4 is 0 Å². The molecule has 0 N–H and O–H groups in total. The summed E-state index contributed by atoms with van der Waals surface area (Å²) in [6, 6.07) is 17.2. The summed E-state index contributed by atoms with van der Waals surface area (Å²) in [5.41, 5.74) is 2.77. The third kappa shape index (κ3) is 4.66. The fourth-order valence-electron chi connectivity index (χ4n) is 2.89. The van der Waals surface area contributed by atoms with Crippen LogP contribution in [0.2, 0.25) is 0 Å². The van der Waals surface area contributed by atoms with Crippen molar-refractivity contribution in [3.05, 3.63) is 68.6 Å². The lowest BCUT2D eigenvalue weighted by Gasteiger charge is -2.34. The van der Waals surface area contributed by atoms with Crippen molar-refractivity contribution in [2.24, 2.45) is 0 Å². The molecule has 116 valence electrons. The summed E-state index contributed by atoms with van der Waals surface area (Å²) in [7, 11) is 0. The Morgan fingerprint density at radius 2 is 1.09 bits per heavy atom. The van der Waals surface area contributed by atoms with E-state index < -0.39 is 0 Å². The molecule has 22 heavy (non-hydrogen) atoms. The predicted molar refractivity (Wildman–Crippen MR) is 98.8 cm³/mol. The van der Waals surface area contributed by atoms with Crippen molar-refractivity contribution in [3.63, 3.8) is 0 Å². The summed E-state index contributed by atoms with van der Waals surface area (Å²) in [4.78, 5) is 5.08. The maximum atomic E-state index is 3.55. The smallest absolute Gasteiger partial charge is 0.0235 e. The van der Waals surface area contributed by atoms with Gasteiger partial charge in [0.05, 0.1) is 0 Å². The Kier molecular flexibility index (Phi) is 5.69. The first-order valence-electron chi connectivity index (χ1n) is 7.63. The van der Waals surface area contributed by atoms with Crippen LogP contribution in [0.4, 0.5) is 0 Å². The van der Waals surface area contributed by atoms with Gasteiger partial charge in [-0.25, -0.2) is 0 Å². The number of rotatable bonds is 4. The molecule has 2 aromatic rings. The highest BCUT2D eigenvalue weighted by molar-refractivity contribution is 9.10. The van der Waals surface area contributed by atoms with Gasteiger partial charge < -0.3 is 0 Å². The van der Waals surface area contributed by atoms with Crippen LogP contribution in [-0.2, 0) is 13.1 Å². The molecule has 0 spiro atoms. The standard InChI is InChI=1S/C18H20Br2N2/c19-17-5-1-3-15(11-17)13-21-7-9-22(10-8-21)14-16-4-2-6-18(20)12-16/h1-6,11-12H,7-10,13-14H2. The molecule has 2 aromatic carbocycles. The molecule has 0 aromatic heterocycles. The fourth-order valence-corrected chi connectivity index (χ4v) is 3.79. The monoisotopic (exact) mass is 422 g/mol. The minimum Gasteiger partial charge on any atom is -0.297 e. The lowest BCUT2D eigenvalue weighted by Crippen LogP contribution is -2.45. The second-order valence-corrected chi connectivity index (χ2v) is 7.64. The fraction of sp³-hybridized carbons (Fsp3) is 0.333. The topological polar surface area (TPSA) is 6.48 Å². The molecule has 4 heteroatoms. The lowest BCUT2D eigenvalue weighted by atomic mass is 10.1. The van der Waals surface area contributed by atoms with E-state index in [1.165, 1.54) is 20.1 Å². The van der Waals surface area contributed by atoms with Crippen molar-refractivity contribution < 1.29 is 0 Å². The van der Waals surface area contributed by atoms with E-state index in [0.29, 0.717) is 0 Å². The summed E-state index contributed by atoms with van der Waals surface area (Å²) in [5, 5.41) is 0. The van der Waals surface area contributed by atoms with Gasteiger partial charge in [-0.05, 0) is 35.4 Å². The molecule has 1 heterocycles. The number of hydrogen-bond donors (Lipinski definition) is 0. The Morgan fingerprint density at radius 3 is 1.45 bits per heavy atom. The molecule has 0 unspecified atom stereocenters. The van der Waals surface area contributed by atoms with Crippen molar-refractivity contribution >= 4 is 31.9 Å². The highest BCUT2D eigenvalue weighted by Gasteiger charge is 2.17. The average molecular weight is 424 g/mol. The molecule has 0 bridgehead atoms. The Labute approximate surface area is 149 Å². The van der Waals surface area contributed by atoms with Gasteiger partial charge in [0.25, 0.3) is 0 Å². The van der Waals surface area contributed by atoms with Gasteiger partial charge in [-0.2, -0.15) is 0 Å². The van der Waals surface area contributed by atoms with E-state index in [0.717, 1.165) is 39.3 Å². The van der Waals surface area contributed by atoms with E-state index in [1.54, 1.807) is 0 Å². The Balaban J connectivity index is 1.50. The quantitative estimate of drug-likeness (QED) is 0.712. The Morgan fingerprint density at radius 1 is 0.682 bits per heavy atom. The van der Waals surface area contributed by atoms with Gasteiger partial charge in [-0.3, -0.25) is 9.80 Å². The van der Waals surface area contributed by atoms with E-state index in [9.17, 15) is 0 Å². The van der Waals surface area contributed by atoms with Crippen LogP contribution in [-0.4, -0.2) is 36.0 Å². The maximum absolute atomic E-state index is 3.55. The molecule has 1 fully saturated rings. The molecule has 0 amide bonds. The molecule has 0 saturated carbocycles. The van der Waals surface area contributed by atoms with E-state index >= 15 is 0 Å². The largest absolute Gasteiger partial charge is 0.297 e. The summed E-state index contributed by atoms with van der Waals surface area (Å²) in [5.74, 6) is 0. The lowest BCUT2D eigenvalue weighted by molar-refractivity contribution is 0.122. The third-order valence-corrected chi connectivity index (χ3v) is 5.04. The molecule has 2 nitrogen and oxygen atoms in total. The molecule has 1 aliphatic heterocycles. The minimum absolute atomic E-state index is 1.05. The van der Waals surface area contributed by atoms with E-state index in [2.05, 4.69) is 90.2 Å². The van der Waals surface area contributed by atoms with Crippen LogP contribution in [0.5, 0.6) is 0 Å². The summed E-state index contributed by atoms with van der Waals surface area (Å²) in [6.07, 6.45) is 0. The zero-order valence-electron chi connectivity index (χ0n) is 12.5. The third-order valence-electron chi connectivity index (χ3n) is 4.06. The van der Waals surface area contributed by atoms with Crippen molar-refractivity contribution in [1.82, 2.24) is 9.80 Å². The van der Waals surface area contributed by atoms with Gasteiger partial charge in [0, 0.05) is 48.2 Å². The van der Waals surface area contributed by atoms with Crippen LogP contribution in [0.25, 0.3) is 0 Å². The second-order valence-electron chi connectivity index (χ2n) is 5.81. The maximum Gasteiger partial charge on any atom is 0.0235 e. The predicted octanol–water partition coefficient (Wildman–Crippen LogP) is 4.53. The zero-order chi connectivity index (χ0) is 15.4. The van der Waals surface area contributed by atoms with Crippen molar-refractivity contribution in [2.75, 3.05) is 26.2 Å². The first-order valence-corrected chi connectivity index (χ1v) is 9.21. The van der Waals surface area contributed by atoms with Crippen LogP contribution in [0, 0.1) is 0 Å². The van der Waals surface area contributed by atoms with Crippen LogP contribution in [0.3, 0.4) is 0 Å². The number of nitrogens with zero attached hydrogens (tertiary/aromatic N) is 2. The number of hydrogen-bond acceptors (Lipinski definition) is 2. The molecule has 3 rings (SSSR count). The molecule has 0 aliphatic carbocycles. The van der Waals surface area contributed by atoms with Gasteiger partial charge in [-0.1, -0.05) is 56.1 Å². The van der Waals surface area contributed by atoms with Gasteiger partial charge in [-0.15, -0.1) is 0 Å². The van der Waals surface area contributed by atoms with Crippen LogP contribution in [0.1, 0.15) is 11.1 Å². The van der Waals surface area contributed by atoms with Crippen LogP contribution in [0.15, 0.2) is 57.5 Å². The van der Waals surface area contributed by atoms with Crippen LogP contribution >= 0.6 is 31.9 Å². The van der Waals surface area contributed by atoms with Gasteiger partial charge in [0.1, 0.15) is 0 Å². The van der Waals surface area contributed by atoms with Crippen molar-refractivity contribution in [1.29, 1.82) is 0 Å². The highest BCUT2D eigenvalue weighted by Crippen LogP contribution is 2.17. The molecule has 1 aliphatic rings. The molecular formula is C18H20Br2N2. The summed E-state index contributed by atoms with van der Waals surface area (Å²) >= 11 is 7.10. The normalized spacial score (nSPS) is 16.8. The van der Waals surface area contributed by atoms with Gasteiger partial charge in [0.2, 0.25) is 0 Å². The van der Waals surface area contributed by atoms with E-state index in [-0.39, 0.29) is 0 Å². The first kappa shape index (κ1) is 16.2. The molecule has 1 saturated heterocycles. The molecule has 0 radical (unpaired) electrons. The van der Waals surface area contributed by atoms with Crippen molar-refractivity contribution in [3.8, 4) is 0 Å². The van der Waals surface area contributed by atoms with E-state index in [1.807, 2.05) is 0 Å². The van der Waals surface area contributed by atoms with E-state index in [4.69, 9.17) is 0 Å². The Bertz CT molecular complexity index is 566. The highest BCUT2D eigenvalue weighted by atomic mass is 79.9. The molecule has 0 atom stereocenters. The molecular weight excluding hydrogens is 404 g/mol. The summed E-state index contributed by atoms with van der Waals surface area (Å²) < 4.78 is 2.33. The first-order chi connectivity index (χ1) is 10.7. The average Bonchev–Trinajstić information content (AvgIpc) is 2.49. The Hall–Kier alpha value is -0.680. The zero-order valence-corrected chi connectivity index (χ0v) is 15.7. The minimum atomic E-state index is 1.05. The summed E-state index contributed by atoms with van der Waals surface area (Å²) in [6.45, 7) is 6.65. The van der Waals surface area contributed by atoms with Gasteiger partial charge in [0.15, 0.2) is 0 Å². The second kappa shape index (κ2) is 7.73. The number of piperazine rings is 1. The SMILES string of the molecule is Brc1cccc(CN2CCN(Cc3cccc(Br)c3)CC2)c1.